The standard InChI is InChI=1S/C24H24N2O4/c1-16-5-10-21-19(13-16)20(27)14-22(30-21)23(28)25-15-17-6-8-18(9-7-17)24(29)26-11-3-2-4-12-26/h5-10,13-14H,2-4,11-12,15H2,1H3,(H,25,28). The molecule has 0 unspecified atom stereocenters. The van der Waals surface area contributed by atoms with Crippen LogP contribution in [0.3, 0.4) is 0 Å². The smallest absolute Gasteiger partial charge is 0.287 e. The van der Waals surface area contributed by atoms with Gasteiger partial charge in [-0.05, 0) is 56.0 Å². The molecule has 2 amide bonds. The number of hydrogen-bond acceptors (Lipinski definition) is 4. The third-order valence-electron chi connectivity index (χ3n) is 5.40. The SMILES string of the molecule is Cc1ccc2oc(C(=O)NCc3ccc(C(=O)N4CCCCC4)cc3)cc(=O)c2c1. The third kappa shape index (κ3) is 4.27. The normalized spacial score (nSPS) is 14.0. The zero-order chi connectivity index (χ0) is 21.1. The second-order valence-electron chi connectivity index (χ2n) is 7.71. The van der Waals surface area contributed by atoms with Crippen molar-refractivity contribution >= 4 is 22.8 Å². The molecule has 1 aromatic heterocycles. The van der Waals surface area contributed by atoms with Gasteiger partial charge in [0, 0.05) is 31.3 Å². The molecule has 1 aliphatic heterocycles. The summed E-state index contributed by atoms with van der Waals surface area (Å²) in [5.74, 6) is -0.422. The Kier molecular flexibility index (Phi) is 5.65. The Morgan fingerprint density at radius 1 is 1.00 bits per heavy atom. The van der Waals surface area contributed by atoms with E-state index in [9.17, 15) is 14.4 Å². The first-order valence-corrected chi connectivity index (χ1v) is 10.2. The Morgan fingerprint density at radius 2 is 1.73 bits per heavy atom. The van der Waals surface area contributed by atoms with Crippen LogP contribution in [0.4, 0.5) is 0 Å². The van der Waals surface area contributed by atoms with Gasteiger partial charge in [-0.25, -0.2) is 0 Å². The van der Waals surface area contributed by atoms with Crippen LogP contribution in [0.1, 0.15) is 51.3 Å². The van der Waals surface area contributed by atoms with Gasteiger partial charge in [0.1, 0.15) is 5.58 Å². The molecule has 2 heterocycles. The lowest BCUT2D eigenvalue weighted by Gasteiger charge is -2.26. The molecular weight excluding hydrogens is 380 g/mol. The maximum Gasteiger partial charge on any atom is 0.287 e. The monoisotopic (exact) mass is 404 g/mol. The Labute approximate surface area is 174 Å². The maximum absolute atomic E-state index is 12.5. The van der Waals surface area contributed by atoms with Gasteiger partial charge in [-0.1, -0.05) is 23.8 Å². The van der Waals surface area contributed by atoms with Gasteiger partial charge in [0.05, 0.1) is 5.39 Å². The predicted octanol–water partition coefficient (Wildman–Crippen LogP) is 3.66. The van der Waals surface area contributed by atoms with Crippen LogP contribution in [0.15, 0.2) is 57.7 Å². The molecule has 1 N–H and O–H groups in total. The number of nitrogens with zero attached hydrogens (tertiary/aromatic N) is 1. The van der Waals surface area contributed by atoms with Crippen LogP contribution in [-0.2, 0) is 6.54 Å². The van der Waals surface area contributed by atoms with Crippen molar-refractivity contribution in [1.82, 2.24) is 10.2 Å². The van der Waals surface area contributed by atoms with Crippen molar-refractivity contribution in [2.75, 3.05) is 13.1 Å². The Morgan fingerprint density at radius 3 is 2.47 bits per heavy atom. The highest BCUT2D eigenvalue weighted by Crippen LogP contribution is 2.15. The maximum atomic E-state index is 12.5. The minimum absolute atomic E-state index is 0.0201. The summed E-state index contributed by atoms with van der Waals surface area (Å²) < 4.78 is 5.60. The summed E-state index contributed by atoms with van der Waals surface area (Å²) in [7, 11) is 0. The molecule has 1 fully saturated rings. The van der Waals surface area contributed by atoms with Crippen molar-refractivity contribution in [3.05, 3.63) is 81.2 Å². The van der Waals surface area contributed by atoms with Crippen molar-refractivity contribution < 1.29 is 14.0 Å². The molecule has 1 saturated heterocycles. The first kappa shape index (κ1) is 19.9. The van der Waals surface area contributed by atoms with Crippen molar-refractivity contribution in [1.29, 1.82) is 0 Å². The number of hydrogen-bond donors (Lipinski definition) is 1. The van der Waals surface area contributed by atoms with Crippen LogP contribution in [-0.4, -0.2) is 29.8 Å². The number of benzene rings is 2. The van der Waals surface area contributed by atoms with Crippen LogP contribution >= 0.6 is 0 Å². The molecule has 0 bridgehead atoms. The third-order valence-corrected chi connectivity index (χ3v) is 5.40. The lowest BCUT2D eigenvalue weighted by atomic mass is 10.1. The fourth-order valence-electron chi connectivity index (χ4n) is 3.70. The largest absolute Gasteiger partial charge is 0.451 e. The van der Waals surface area contributed by atoms with E-state index in [1.807, 2.05) is 30.0 Å². The van der Waals surface area contributed by atoms with Gasteiger partial charge < -0.3 is 14.6 Å². The van der Waals surface area contributed by atoms with Crippen LogP contribution < -0.4 is 10.7 Å². The number of amides is 2. The molecule has 0 atom stereocenters. The first-order valence-electron chi connectivity index (χ1n) is 10.2. The van der Waals surface area contributed by atoms with Crippen molar-refractivity contribution in [3.8, 4) is 0 Å². The van der Waals surface area contributed by atoms with Crippen molar-refractivity contribution in [2.45, 2.75) is 32.7 Å². The number of rotatable bonds is 4. The summed E-state index contributed by atoms with van der Waals surface area (Å²) >= 11 is 0. The van der Waals surface area contributed by atoms with E-state index >= 15 is 0 Å². The summed E-state index contributed by atoms with van der Waals surface area (Å²) in [6, 6.07) is 13.7. The summed E-state index contributed by atoms with van der Waals surface area (Å²) in [4.78, 5) is 39.2. The van der Waals surface area contributed by atoms with Gasteiger partial charge in [0.2, 0.25) is 0 Å². The number of piperidine rings is 1. The average Bonchev–Trinajstić information content (AvgIpc) is 2.78. The van der Waals surface area contributed by atoms with E-state index in [0.717, 1.165) is 37.1 Å². The fourth-order valence-corrected chi connectivity index (χ4v) is 3.70. The topological polar surface area (TPSA) is 79.6 Å². The van der Waals surface area contributed by atoms with Crippen LogP contribution in [0.5, 0.6) is 0 Å². The number of fused-ring (bicyclic) bond motifs is 1. The number of nitrogens with one attached hydrogen (secondary N) is 1. The van der Waals surface area contributed by atoms with Crippen molar-refractivity contribution in [2.24, 2.45) is 0 Å². The predicted molar refractivity (Wildman–Crippen MR) is 115 cm³/mol. The summed E-state index contributed by atoms with van der Waals surface area (Å²) in [5.41, 5.74) is 2.61. The van der Waals surface area contributed by atoms with E-state index in [-0.39, 0.29) is 23.6 Å². The molecule has 3 aromatic rings. The van der Waals surface area contributed by atoms with Crippen LogP contribution in [0.25, 0.3) is 11.0 Å². The Balaban J connectivity index is 1.41. The molecule has 4 rings (SSSR count). The minimum atomic E-state index is -0.456. The molecule has 0 aliphatic carbocycles. The van der Waals surface area contributed by atoms with E-state index in [4.69, 9.17) is 4.42 Å². The first-order chi connectivity index (χ1) is 14.5. The molecule has 1 aliphatic rings. The quantitative estimate of drug-likeness (QED) is 0.720. The highest BCUT2D eigenvalue weighted by Gasteiger charge is 2.18. The van der Waals surface area contributed by atoms with Crippen molar-refractivity contribution in [3.63, 3.8) is 0 Å². The zero-order valence-corrected chi connectivity index (χ0v) is 16.9. The number of carbonyl (C=O) groups excluding carboxylic acids is 2. The van der Waals surface area contributed by atoms with Gasteiger partial charge >= 0.3 is 0 Å². The summed E-state index contributed by atoms with van der Waals surface area (Å²) in [6.45, 7) is 3.79. The lowest BCUT2D eigenvalue weighted by molar-refractivity contribution is 0.0724. The van der Waals surface area contributed by atoms with E-state index in [1.165, 1.54) is 12.5 Å². The average molecular weight is 404 g/mol. The Hall–Kier alpha value is -3.41. The minimum Gasteiger partial charge on any atom is -0.451 e. The number of aryl methyl sites for hydroxylation is 1. The number of carbonyl (C=O) groups is 2. The van der Waals surface area contributed by atoms with E-state index in [2.05, 4.69) is 5.32 Å². The summed E-state index contributed by atoms with van der Waals surface area (Å²) in [6.07, 6.45) is 3.29. The van der Waals surface area contributed by atoms with Gasteiger partial charge in [0.15, 0.2) is 11.2 Å². The molecular formula is C24H24N2O4. The summed E-state index contributed by atoms with van der Waals surface area (Å²) in [5, 5.41) is 3.22. The molecule has 0 spiro atoms. The molecule has 30 heavy (non-hydrogen) atoms. The van der Waals surface area contributed by atoms with E-state index in [0.29, 0.717) is 16.5 Å². The van der Waals surface area contributed by atoms with Crippen LogP contribution in [0, 0.1) is 6.92 Å². The second kappa shape index (κ2) is 8.53. The van der Waals surface area contributed by atoms with Crippen LogP contribution in [0.2, 0.25) is 0 Å². The molecule has 154 valence electrons. The van der Waals surface area contributed by atoms with E-state index in [1.54, 1.807) is 24.3 Å². The van der Waals surface area contributed by atoms with Gasteiger partial charge in [-0.3, -0.25) is 14.4 Å². The highest BCUT2D eigenvalue weighted by atomic mass is 16.3. The molecule has 2 aromatic carbocycles. The van der Waals surface area contributed by atoms with Gasteiger partial charge in [0.25, 0.3) is 11.8 Å². The zero-order valence-electron chi connectivity index (χ0n) is 16.9. The molecule has 0 radical (unpaired) electrons. The highest BCUT2D eigenvalue weighted by molar-refractivity contribution is 5.94. The lowest BCUT2D eigenvalue weighted by Crippen LogP contribution is -2.35. The fraction of sp³-hybridized carbons (Fsp3) is 0.292. The van der Waals surface area contributed by atoms with Gasteiger partial charge in [-0.15, -0.1) is 0 Å². The van der Waals surface area contributed by atoms with E-state index < -0.39 is 5.91 Å². The molecule has 6 nitrogen and oxygen atoms in total. The second-order valence-corrected chi connectivity index (χ2v) is 7.71. The van der Waals surface area contributed by atoms with Gasteiger partial charge in [-0.2, -0.15) is 0 Å². The Bertz CT molecular complexity index is 1140. The molecule has 0 saturated carbocycles. The molecule has 6 heteroatoms. The number of likely N-dealkylation sites (tertiary alicyclic amines) is 1.